The average molecular weight is 448 g/mol. The first-order valence-electron chi connectivity index (χ1n) is 11.1. The molecule has 0 bridgehead atoms. The average Bonchev–Trinajstić information content (AvgIpc) is 3.30. The molecule has 0 aliphatic carbocycles. The summed E-state index contributed by atoms with van der Waals surface area (Å²) in [5.74, 6) is 0.0562. The van der Waals surface area contributed by atoms with Gasteiger partial charge in [0.2, 0.25) is 11.8 Å². The second kappa shape index (κ2) is 8.83. The molecule has 1 aromatic heterocycles. The molecule has 2 aliphatic rings. The van der Waals surface area contributed by atoms with Gasteiger partial charge in [-0.25, -0.2) is 0 Å². The Labute approximate surface area is 193 Å². The van der Waals surface area contributed by atoms with Crippen LogP contribution in [-0.4, -0.2) is 39.3 Å². The van der Waals surface area contributed by atoms with Gasteiger partial charge in [0.05, 0.1) is 6.04 Å². The molecular weight excluding hydrogens is 422 g/mol. The highest BCUT2D eigenvalue weighted by molar-refractivity contribution is 6.30. The molecule has 0 spiro atoms. The number of aromatic nitrogens is 1. The second-order valence-corrected chi connectivity index (χ2v) is 8.94. The fraction of sp³-hybridized carbons (Fsp3) is 0.308. The molecular formula is C26H26ClN3O2. The number of halogens is 1. The van der Waals surface area contributed by atoms with Crippen LogP contribution in [0, 0.1) is 0 Å². The minimum Gasteiger partial charge on any atom is -0.348 e. The van der Waals surface area contributed by atoms with Crippen LogP contribution in [0.25, 0.3) is 0 Å². The van der Waals surface area contributed by atoms with Crippen molar-refractivity contribution in [3.63, 3.8) is 0 Å². The van der Waals surface area contributed by atoms with Crippen molar-refractivity contribution in [2.45, 2.75) is 38.4 Å². The van der Waals surface area contributed by atoms with E-state index in [4.69, 9.17) is 11.6 Å². The SMILES string of the molecule is O=C(CCC(=O)N1CCn2cccc2C1c1cccc(Cl)c1)N1CCc2ccccc2C1. The van der Waals surface area contributed by atoms with Crippen LogP contribution in [0.2, 0.25) is 5.02 Å². The maximum Gasteiger partial charge on any atom is 0.223 e. The number of carbonyl (C=O) groups excluding carboxylic acids is 2. The number of hydrogen-bond donors (Lipinski definition) is 0. The second-order valence-electron chi connectivity index (χ2n) is 8.51. The summed E-state index contributed by atoms with van der Waals surface area (Å²) in [6, 6.07) is 19.8. The van der Waals surface area contributed by atoms with E-state index in [1.54, 1.807) is 0 Å². The summed E-state index contributed by atoms with van der Waals surface area (Å²) in [7, 11) is 0. The maximum absolute atomic E-state index is 13.3. The van der Waals surface area contributed by atoms with Crippen molar-refractivity contribution in [3.8, 4) is 0 Å². The van der Waals surface area contributed by atoms with Crippen LogP contribution in [0.4, 0.5) is 0 Å². The Balaban J connectivity index is 1.29. The summed E-state index contributed by atoms with van der Waals surface area (Å²) < 4.78 is 2.19. The molecule has 1 unspecified atom stereocenters. The molecule has 5 rings (SSSR count). The number of nitrogens with zero attached hydrogens (tertiary/aromatic N) is 3. The Morgan fingerprint density at radius 2 is 1.69 bits per heavy atom. The zero-order valence-electron chi connectivity index (χ0n) is 17.9. The van der Waals surface area contributed by atoms with Crippen molar-refractivity contribution in [1.29, 1.82) is 0 Å². The molecule has 2 aliphatic heterocycles. The summed E-state index contributed by atoms with van der Waals surface area (Å²) in [4.78, 5) is 30.0. The number of rotatable bonds is 4. The summed E-state index contributed by atoms with van der Waals surface area (Å²) in [6.07, 6.45) is 3.37. The zero-order chi connectivity index (χ0) is 22.1. The lowest BCUT2D eigenvalue weighted by Gasteiger charge is -2.37. The van der Waals surface area contributed by atoms with Crippen molar-refractivity contribution >= 4 is 23.4 Å². The lowest BCUT2D eigenvalue weighted by atomic mass is 9.98. The normalized spacial score (nSPS) is 17.6. The largest absolute Gasteiger partial charge is 0.348 e. The van der Waals surface area contributed by atoms with Gasteiger partial charge in [0.25, 0.3) is 0 Å². The van der Waals surface area contributed by atoms with Gasteiger partial charge in [0, 0.05) is 55.9 Å². The lowest BCUT2D eigenvalue weighted by molar-refractivity contribution is -0.139. The summed E-state index contributed by atoms with van der Waals surface area (Å²) in [6.45, 7) is 2.71. The Morgan fingerprint density at radius 1 is 0.875 bits per heavy atom. The molecule has 6 heteroatoms. The fourth-order valence-corrected chi connectivity index (χ4v) is 5.10. The summed E-state index contributed by atoms with van der Waals surface area (Å²) in [5.41, 5.74) is 4.58. The molecule has 3 aromatic rings. The van der Waals surface area contributed by atoms with Crippen molar-refractivity contribution in [2.24, 2.45) is 0 Å². The van der Waals surface area contributed by atoms with Crippen LogP contribution in [-0.2, 0) is 29.1 Å². The van der Waals surface area contributed by atoms with Gasteiger partial charge in [-0.05, 0) is 47.4 Å². The first-order chi connectivity index (χ1) is 15.6. The topological polar surface area (TPSA) is 45.6 Å². The van der Waals surface area contributed by atoms with Gasteiger partial charge < -0.3 is 14.4 Å². The van der Waals surface area contributed by atoms with E-state index in [-0.39, 0.29) is 30.7 Å². The van der Waals surface area contributed by atoms with Crippen LogP contribution in [0.5, 0.6) is 0 Å². The monoisotopic (exact) mass is 447 g/mol. The third-order valence-electron chi connectivity index (χ3n) is 6.56. The molecule has 1 atom stereocenters. The van der Waals surface area contributed by atoms with Gasteiger partial charge in [0.1, 0.15) is 0 Å². The first-order valence-corrected chi connectivity index (χ1v) is 11.5. The quantitative estimate of drug-likeness (QED) is 0.593. The Bertz CT molecular complexity index is 1160. The zero-order valence-corrected chi connectivity index (χ0v) is 18.7. The molecule has 164 valence electrons. The van der Waals surface area contributed by atoms with Gasteiger partial charge >= 0.3 is 0 Å². The van der Waals surface area contributed by atoms with E-state index in [9.17, 15) is 9.59 Å². The van der Waals surface area contributed by atoms with Crippen LogP contribution in [0.1, 0.15) is 41.3 Å². The van der Waals surface area contributed by atoms with E-state index in [2.05, 4.69) is 22.8 Å². The van der Waals surface area contributed by atoms with Crippen LogP contribution in [0.15, 0.2) is 66.9 Å². The third-order valence-corrected chi connectivity index (χ3v) is 6.79. The molecule has 0 saturated carbocycles. The Hall–Kier alpha value is -3.05. The van der Waals surface area contributed by atoms with Crippen LogP contribution < -0.4 is 0 Å². The molecule has 2 aromatic carbocycles. The predicted octanol–water partition coefficient (Wildman–Crippen LogP) is 4.44. The number of carbonyl (C=O) groups is 2. The number of benzene rings is 2. The van der Waals surface area contributed by atoms with Gasteiger partial charge in [0.15, 0.2) is 0 Å². The molecule has 0 radical (unpaired) electrons. The molecule has 3 heterocycles. The fourth-order valence-electron chi connectivity index (χ4n) is 4.90. The molecule has 32 heavy (non-hydrogen) atoms. The molecule has 2 amide bonds. The summed E-state index contributed by atoms with van der Waals surface area (Å²) >= 11 is 6.26. The molecule has 0 N–H and O–H groups in total. The van der Waals surface area contributed by atoms with E-state index in [1.807, 2.05) is 58.5 Å². The van der Waals surface area contributed by atoms with Gasteiger partial charge in [-0.2, -0.15) is 0 Å². The lowest BCUT2D eigenvalue weighted by Crippen LogP contribution is -2.43. The van der Waals surface area contributed by atoms with E-state index in [0.717, 1.165) is 24.2 Å². The van der Waals surface area contributed by atoms with Gasteiger partial charge in [-0.1, -0.05) is 48.0 Å². The minimum absolute atomic E-state index is 0.00758. The van der Waals surface area contributed by atoms with Crippen LogP contribution >= 0.6 is 11.6 Å². The number of hydrogen-bond acceptors (Lipinski definition) is 2. The van der Waals surface area contributed by atoms with Gasteiger partial charge in [-0.15, -0.1) is 0 Å². The minimum atomic E-state index is -0.193. The standard InChI is InChI=1S/C26H26ClN3O2/c27-22-8-3-7-20(17-22)26-23-9-4-13-28(23)15-16-30(26)25(32)11-10-24(31)29-14-12-19-5-1-2-6-21(19)18-29/h1-9,13,17,26H,10-12,14-16,18H2. The van der Waals surface area contributed by atoms with Crippen molar-refractivity contribution in [3.05, 3.63) is 94.3 Å². The van der Waals surface area contributed by atoms with Crippen molar-refractivity contribution in [2.75, 3.05) is 13.1 Å². The molecule has 0 fully saturated rings. The highest BCUT2D eigenvalue weighted by Gasteiger charge is 2.32. The van der Waals surface area contributed by atoms with E-state index in [1.165, 1.54) is 11.1 Å². The van der Waals surface area contributed by atoms with E-state index >= 15 is 0 Å². The van der Waals surface area contributed by atoms with Crippen molar-refractivity contribution < 1.29 is 9.59 Å². The summed E-state index contributed by atoms with van der Waals surface area (Å²) in [5, 5.41) is 0.652. The molecule has 5 nitrogen and oxygen atoms in total. The smallest absolute Gasteiger partial charge is 0.223 e. The number of amides is 2. The highest BCUT2D eigenvalue weighted by atomic mass is 35.5. The first kappa shape index (κ1) is 20.8. The predicted molar refractivity (Wildman–Crippen MR) is 124 cm³/mol. The Morgan fingerprint density at radius 3 is 2.53 bits per heavy atom. The Kier molecular flexibility index (Phi) is 5.75. The van der Waals surface area contributed by atoms with Gasteiger partial charge in [-0.3, -0.25) is 9.59 Å². The van der Waals surface area contributed by atoms with E-state index < -0.39 is 0 Å². The third kappa shape index (κ3) is 4.05. The number of fused-ring (bicyclic) bond motifs is 2. The van der Waals surface area contributed by atoms with Crippen molar-refractivity contribution in [1.82, 2.24) is 14.4 Å². The highest BCUT2D eigenvalue weighted by Crippen LogP contribution is 2.34. The van der Waals surface area contributed by atoms with Crippen LogP contribution in [0.3, 0.4) is 0 Å². The van der Waals surface area contributed by atoms with E-state index in [0.29, 0.717) is 24.7 Å². The maximum atomic E-state index is 13.3. The molecule has 0 saturated heterocycles.